The fourth-order valence-electron chi connectivity index (χ4n) is 7.40. The Labute approximate surface area is 155 Å². The molecule has 0 aromatic rings. The van der Waals surface area contributed by atoms with Gasteiger partial charge in [0.25, 0.3) is 0 Å². The van der Waals surface area contributed by atoms with Crippen LogP contribution in [0.15, 0.2) is 47.6 Å². The van der Waals surface area contributed by atoms with Gasteiger partial charge in [0.1, 0.15) is 0 Å². The summed E-state index contributed by atoms with van der Waals surface area (Å²) in [6.45, 7) is 18.7. The molecular weight excluding hydrogens is 300 g/mol. The third-order valence-electron chi connectivity index (χ3n) is 8.69. The highest BCUT2D eigenvalue weighted by molar-refractivity contribution is 5.43. The summed E-state index contributed by atoms with van der Waals surface area (Å²) in [5.74, 6) is 3.19. The highest BCUT2D eigenvalue weighted by atomic mass is 14.6. The summed E-state index contributed by atoms with van der Waals surface area (Å²) in [7, 11) is 0. The van der Waals surface area contributed by atoms with Crippen molar-refractivity contribution in [2.24, 2.45) is 34.5 Å². The predicted molar refractivity (Wildman–Crippen MR) is 108 cm³/mol. The van der Waals surface area contributed by atoms with Gasteiger partial charge in [-0.25, -0.2) is 0 Å². The van der Waals surface area contributed by atoms with Crippen molar-refractivity contribution in [2.45, 2.75) is 72.6 Å². The SMILES string of the molecule is C=C1C=C2CCC3C(=CCC4(C)C3CC(C)C4C(=C)CC)C2(C)CC1. The zero-order valence-electron chi connectivity index (χ0n) is 16.8. The molecule has 25 heavy (non-hydrogen) atoms. The minimum Gasteiger partial charge on any atom is -0.0996 e. The zero-order valence-corrected chi connectivity index (χ0v) is 16.8. The van der Waals surface area contributed by atoms with E-state index >= 15 is 0 Å². The third kappa shape index (κ3) is 2.32. The van der Waals surface area contributed by atoms with Gasteiger partial charge in [0.2, 0.25) is 0 Å². The van der Waals surface area contributed by atoms with E-state index in [0.717, 1.165) is 30.1 Å². The van der Waals surface area contributed by atoms with E-state index in [0.29, 0.717) is 10.8 Å². The second kappa shape index (κ2) is 5.73. The molecule has 4 rings (SSSR count). The van der Waals surface area contributed by atoms with Gasteiger partial charge in [0.15, 0.2) is 0 Å². The zero-order chi connectivity index (χ0) is 18.0. The van der Waals surface area contributed by atoms with Crippen molar-refractivity contribution < 1.29 is 0 Å². The fraction of sp³-hybridized carbons (Fsp3) is 0.680. The van der Waals surface area contributed by atoms with Gasteiger partial charge in [0, 0.05) is 5.41 Å². The second-order valence-electron chi connectivity index (χ2n) is 9.98. The lowest BCUT2D eigenvalue weighted by Gasteiger charge is -2.54. The molecule has 0 heterocycles. The molecule has 2 fully saturated rings. The highest BCUT2D eigenvalue weighted by Crippen LogP contribution is 2.66. The summed E-state index contributed by atoms with van der Waals surface area (Å²) < 4.78 is 0. The number of hydrogen-bond acceptors (Lipinski definition) is 0. The van der Waals surface area contributed by atoms with Gasteiger partial charge in [-0.05, 0) is 74.0 Å². The first-order valence-corrected chi connectivity index (χ1v) is 10.6. The molecule has 4 aliphatic carbocycles. The molecular formula is C25H36. The summed E-state index contributed by atoms with van der Waals surface area (Å²) in [6.07, 6.45) is 14.1. The molecule has 4 aliphatic rings. The maximum absolute atomic E-state index is 4.49. The molecule has 0 N–H and O–H groups in total. The molecule has 6 atom stereocenters. The first kappa shape index (κ1) is 17.4. The van der Waals surface area contributed by atoms with Crippen molar-refractivity contribution in [3.8, 4) is 0 Å². The van der Waals surface area contributed by atoms with Crippen LogP contribution in [0, 0.1) is 34.5 Å². The molecule has 136 valence electrons. The van der Waals surface area contributed by atoms with Crippen LogP contribution in [-0.2, 0) is 0 Å². The first-order valence-electron chi connectivity index (χ1n) is 10.6. The largest absolute Gasteiger partial charge is 0.0996 e. The summed E-state index contributed by atoms with van der Waals surface area (Å²) in [4.78, 5) is 0. The van der Waals surface area contributed by atoms with E-state index in [1.54, 1.807) is 11.1 Å². The molecule has 0 aliphatic heterocycles. The molecule has 0 amide bonds. The highest BCUT2D eigenvalue weighted by Gasteiger charge is 2.57. The van der Waals surface area contributed by atoms with Gasteiger partial charge >= 0.3 is 0 Å². The monoisotopic (exact) mass is 336 g/mol. The van der Waals surface area contributed by atoms with E-state index in [1.807, 2.05) is 0 Å². The predicted octanol–water partition coefficient (Wildman–Crippen LogP) is 7.25. The summed E-state index contributed by atoms with van der Waals surface area (Å²) in [6, 6.07) is 0. The second-order valence-corrected chi connectivity index (χ2v) is 9.98. The molecule has 0 heteroatoms. The van der Waals surface area contributed by atoms with Gasteiger partial charge in [-0.3, -0.25) is 0 Å². The Morgan fingerprint density at radius 3 is 2.76 bits per heavy atom. The number of fused-ring (bicyclic) bond motifs is 5. The summed E-state index contributed by atoms with van der Waals surface area (Å²) in [5.41, 5.74) is 7.10. The molecule has 0 aromatic carbocycles. The van der Waals surface area contributed by atoms with Crippen molar-refractivity contribution in [3.05, 3.63) is 47.6 Å². The molecule has 2 saturated carbocycles. The Bertz CT molecular complexity index is 674. The lowest BCUT2D eigenvalue weighted by atomic mass is 9.51. The smallest absolute Gasteiger partial charge is 0.0101 e. The lowest BCUT2D eigenvalue weighted by molar-refractivity contribution is 0.0942. The van der Waals surface area contributed by atoms with Gasteiger partial charge in [-0.1, -0.05) is 75.3 Å². The van der Waals surface area contributed by atoms with Crippen molar-refractivity contribution in [2.75, 3.05) is 0 Å². The van der Waals surface area contributed by atoms with Gasteiger partial charge in [-0.15, -0.1) is 0 Å². The van der Waals surface area contributed by atoms with E-state index in [2.05, 4.69) is 53.0 Å². The van der Waals surface area contributed by atoms with Crippen molar-refractivity contribution >= 4 is 0 Å². The van der Waals surface area contributed by atoms with Gasteiger partial charge in [0.05, 0.1) is 0 Å². The van der Waals surface area contributed by atoms with Crippen LogP contribution >= 0.6 is 0 Å². The Kier molecular flexibility index (Phi) is 3.98. The van der Waals surface area contributed by atoms with Crippen LogP contribution in [-0.4, -0.2) is 0 Å². The molecule has 0 bridgehead atoms. The van der Waals surface area contributed by atoms with Crippen molar-refractivity contribution in [1.82, 2.24) is 0 Å². The minimum absolute atomic E-state index is 0.328. The van der Waals surface area contributed by atoms with Crippen LogP contribution in [0.3, 0.4) is 0 Å². The van der Waals surface area contributed by atoms with E-state index in [-0.39, 0.29) is 0 Å². The standard InChI is InChI=1S/C25H36/c1-7-17(3)23-18(4)15-22-20-9-8-19-14-16(2)10-12-24(19,5)21(20)11-13-25(22,23)6/h11,14,18,20,22-23H,2-3,7-10,12-13,15H2,1,4-6H3. The summed E-state index contributed by atoms with van der Waals surface area (Å²) in [5, 5.41) is 0. The van der Waals surface area contributed by atoms with Crippen molar-refractivity contribution in [3.63, 3.8) is 0 Å². The average molecular weight is 337 g/mol. The van der Waals surface area contributed by atoms with E-state index in [9.17, 15) is 0 Å². The topological polar surface area (TPSA) is 0 Å². The maximum Gasteiger partial charge on any atom is 0.0101 e. The van der Waals surface area contributed by atoms with Crippen LogP contribution in [0.2, 0.25) is 0 Å². The maximum atomic E-state index is 4.49. The Balaban J connectivity index is 1.74. The fourth-order valence-corrected chi connectivity index (χ4v) is 7.40. The van der Waals surface area contributed by atoms with Crippen LogP contribution in [0.5, 0.6) is 0 Å². The molecule has 0 radical (unpaired) electrons. The molecule has 0 spiro atoms. The Hall–Kier alpha value is -1.04. The van der Waals surface area contributed by atoms with Gasteiger partial charge in [-0.2, -0.15) is 0 Å². The molecule has 0 saturated heterocycles. The number of rotatable bonds is 2. The minimum atomic E-state index is 0.328. The number of allylic oxidation sites excluding steroid dienone is 6. The molecule has 0 nitrogen and oxygen atoms in total. The third-order valence-corrected chi connectivity index (χ3v) is 8.69. The molecule has 6 unspecified atom stereocenters. The van der Waals surface area contributed by atoms with Crippen molar-refractivity contribution in [1.29, 1.82) is 0 Å². The normalized spacial score (nSPS) is 45.8. The molecule has 0 aromatic heterocycles. The van der Waals surface area contributed by atoms with E-state index in [1.165, 1.54) is 49.7 Å². The first-order chi connectivity index (χ1) is 11.8. The number of hydrogen-bond donors (Lipinski definition) is 0. The quantitative estimate of drug-likeness (QED) is 0.466. The summed E-state index contributed by atoms with van der Waals surface area (Å²) >= 11 is 0. The van der Waals surface area contributed by atoms with Crippen LogP contribution in [0.25, 0.3) is 0 Å². The van der Waals surface area contributed by atoms with Crippen LogP contribution in [0.4, 0.5) is 0 Å². The van der Waals surface area contributed by atoms with Crippen LogP contribution in [0.1, 0.15) is 72.6 Å². The Morgan fingerprint density at radius 2 is 2.04 bits per heavy atom. The van der Waals surface area contributed by atoms with Gasteiger partial charge < -0.3 is 0 Å². The van der Waals surface area contributed by atoms with E-state index in [4.69, 9.17) is 0 Å². The lowest BCUT2D eigenvalue weighted by Crippen LogP contribution is -2.44. The Morgan fingerprint density at radius 1 is 1.28 bits per heavy atom. The van der Waals surface area contributed by atoms with E-state index < -0.39 is 0 Å². The average Bonchev–Trinajstić information content (AvgIpc) is 2.85. The van der Waals surface area contributed by atoms with Crippen LogP contribution < -0.4 is 0 Å².